The molecule has 0 aromatic heterocycles. The van der Waals surface area contributed by atoms with Gasteiger partial charge in [0.25, 0.3) is 0 Å². The Hall–Kier alpha value is -1.51. The fourth-order valence-electron chi connectivity index (χ4n) is 0.713. The molecule has 0 aliphatic heterocycles. The Morgan fingerprint density at radius 2 is 2.10 bits per heavy atom. The molecule has 0 saturated heterocycles. The van der Waals surface area contributed by atoms with Crippen molar-refractivity contribution in [2.45, 2.75) is 6.92 Å². The van der Waals surface area contributed by atoms with E-state index >= 15 is 0 Å². The second kappa shape index (κ2) is 2.87. The van der Waals surface area contributed by atoms with Gasteiger partial charge in [-0.3, -0.25) is 0 Å². The van der Waals surface area contributed by atoms with E-state index in [-0.39, 0.29) is 0 Å². The molecular weight excluding hydrogens is 122 g/mol. The smallest absolute Gasteiger partial charge is 0.108 e. The van der Waals surface area contributed by atoms with Gasteiger partial charge in [0, 0.05) is 0 Å². The minimum Gasteiger partial charge on any atom is -0.192 e. The Morgan fingerprint density at radius 1 is 1.40 bits per heavy atom. The average molecular weight is 129 g/mol. The summed E-state index contributed by atoms with van der Waals surface area (Å²) in [5.74, 6) is 0. The molecule has 0 unspecified atom stereocenters. The normalized spacial score (nSPS) is 15.2. The molecule has 48 valence electrons. The maximum atomic E-state index is 8.49. The summed E-state index contributed by atoms with van der Waals surface area (Å²) in [5.41, 5.74) is 4.50. The first-order chi connectivity index (χ1) is 4.83. The van der Waals surface area contributed by atoms with E-state index in [0.717, 1.165) is 5.57 Å². The summed E-state index contributed by atoms with van der Waals surface area (Å²) >= 11 is 0. The van der Waals surface area contributed by atoms with E-state index in [1.54, 1.807) is 6.08 Å². The Kier molecular flexibility index (Phi) is 1.89. The van der Waals surface area contributed by atoms with Crippen molar-refractivity contribution in [1.82, 2.24) is 0 Å². The number of nitrogens with zero attached hydrogens (tertiary/aromatic N) is 1. The lowest BCUT2D eigenvalue weighted by molar-refractivity contribution is 1.49. The Morgan fingerprint density at radius 3 is 2.80 bits per heavy atom. The van der Waals surface area contributed by atoms with Crippen LogP contribution in [0.25, 0.3) is 0 Å². The van der Waals surface area contributed by atoms with Gasteiger partial charge in [-0.15, -0.1) is 0 Å². The van der Waals surface area contributed by atoms with Crippen LogP contribution in [0.2, 0.25) is 0 Å². The molecule has 0 N–H and O–H groups in total. The first-order valence-electron chi connectivity index (χ1n) is 3.05. The average Bonchev–Trinajstić information content (AvgIpc) is 2.13. The summed E-state index contributed by atoms with van der Waals surface area (Å²) in [6.45, 7) is 1.92. The second-order valence-corrected chi connectivity index (χ2v) is 2.05. The monoisotopic (exact) mass is 129 g/mol. The number of hydrogen-bond donors (Lipinski definition) is 0. The van der Waals surface area contributed by atoms with Crippen molar-refractivity contribution >= 4 is 0 Å². The fourth-order valence-corrected chi connectivity index (χ4v) is 0.713. The third kappa shape index (κ3) is 1.48. The van der Waals surface area contributed by atoms with Crippen LogP contribution in [0.1, 0.15) is 6.92 Å². The van der Waals surface area contributed by atoms with Gasteiger partial charge in [-0.2, -0.15) is 5.26 Å². The van der Waals surface area contributed by atoms with E-state index in [1.165, 1.54) is 0 Å². The molecule has 0 bridgehead atoms. The number of allylic oxidation sites excluding steroid dienone is 5. The van der Waals surface area contributed by atoms with Crippen molar-refractivity contribution in [3.05, 3.63) is 41.2 Å². The molecule has 0 spiro atoms. The lowest BCUT2D eigenvalue weighted by Gasteiger charge is -1.78. The van der Waals surface area contributed by atoms with Gasteiger partial charge >= 0.3 is 0 Å². The van der Waals surface area contributed by atoms with Gasteiger partial charge < -0.3 is 0 Å². The lowest BCUT2D eigenvalue weighted by atomic mass is 10.2. The third-order valence-electron chi connectivity index (χ3n) is 1.17. The van der Waals surface area contributed by atoms with Gasteiger partial charge in [0.15, 0.2) is 0 Å². The summed E-state index contributed by atoms with van der Waals surface area (Å²) in [6.07, 6.45) is 7.39. The van der Waals surface area contributed by atoms with Crippen LogP contribution >= 0.6 is 0 Å². The molecule has 0 atom stereocenters. The van der Waals surface area contributed by atoms with Crippen molar-refractivity contribution in [2.75, 3.05) is 0 Å². The zero-order valence-corrected chi connectivity index (χ0v) is 5.76. The van der Waals surface area contributed by atoms with Gasteiger partial charge in [-0.05, 0) is 18.6 Å². The zero-order chi connectivity index (χ0) is 7.40. The summed E-state index contributed by atoms with van der Waals surface area (Å²) in [5, 5.41) is 8.49. The van der Waals surface area contributed by atoms with E-state index in [1.807, 2.05) is 31.2 Å². The van der Waals surface area contributed by atoms with Crippen LogP contribution in [0, 0.1) is 11.3 Å². The topological polar surface area (TPSA) is 23.8 Å². The predicted octanol–water partition coefficient (Wildman–Crippen LogP) is 2.11. The van der Waals surface area contributed by atoms with E-state index in [9.17, 15) is 0 Å². The highest BCUT2D eigenvalue weighted by atomic mass is 14.2. The van der Waals surface area contributed by atoms with Crippen molar-refractivity contribution < 1.29 is 0 Å². The van der Waals surface area contributed by atoms with Crippen LogP contribution in [0.15, 0.2) is 41.2 Å². The molecule has 0 heterocycles. The maximum Gasteiger partial charge on any atom is 0.108 e. The van der Waals surface area contributed by atoms with E-state index in [0.29, 0.717) is 5.57 Å². The molecule has 1 heteroatoms. The summed E-state index contributed by atoms with van der Waals surface area (Å²) < 4.78 is 0. The van der Waals surface area contributed by atoms with Gasteiger partial charge in [-0.25, -0.2) is 0 Å². The van der Waals surface area contributed by atoms with Crippen molar-refractivity contribution in [3.63, 3.8) is 0 Å². The quantitative estimate of drug-likeness (QED) is 0.459. The highest BCUT2D eigenvalue weighted by molar-refractivity contribution is 5.39. The molecule has 0 amide bonds. The number of rotatable bonds is 0. The number of nitriles is 1. The lowest BCUT2D eigenvalue weighted by Crippen LogP contribution is -1.65. The molecular formula is C9H7N. The fraction of sp³-hybridized carbons (Fsp3) is 0.111. The first kappa shape index (κ1) is 6.61. The third-order valence-corrected chi connectivity index (χ3v) is 1.17. The van der Waals surface area contributed by atoms with E-state index in [2.05, 4.69) is 5.73 Å². The molecule has 1 nitrogen and oxygen atoms in total. The van der Waals surface area contributed by atoms with Crippen LogP contribution in [0.3, 0.4) is 0 Å². The first-order valence-corrected chi connectivity index (χ1v) is 3.05. The van der Waals surface area contributed by atoms with Gasteiger partial charge in [0.2, 0.25) is 0 Å². The van der Waals surface area contributed by atoms with Crippen molar-refractivity contribution in [2.24, 2.45) is 0 Å². The van der Waals surface area contributed by atoms with Crippen LogP contribution < -0.4 is 0 Å². The largest absolute Gasteiger partial charge is 0.192 e. The van der Waals surface area contributed by atoms with E-state index in [4.69, 9.17) is 5.26 Å². The SMILES string of the molecule is CC1=C=C(C#N)C=CC=C1. The van der Waals surface area contributed by atoms with Crippen LogP contribution in [-0.4, -0.2) is 0 Å². The van der Waals surface area contributed by atoms with Crippen LogP contribution in [0.4, 0.5) is 0 Å². The standard InChI is InChI=1S/C9H7N/c1-8-4-2-3-5-9(6-8)7-10/h2-5H,1H3. The van der Waals surface area contributed by atoms with Gasteiger partial charge in [0.05, 0.1) is 5.57 Å². The molecule has 0 radical (unpaired) electrons. The minimum absolute atomic E-state index is 0.586. The Bertz CT molecular complexity index is 291. The second-order valence-electron chi connectivity index (χ2n) is 2.05. The maximum absolute atomic E-state index is 8.49. The van der Waals surface area contributed by atoms with Gasteiger partial charge in [-0.1, -0.05) is 24.0 Å². The molecule has 1 rings (SSSR count). The summed E-state index contributed by atoms with van der Waals surface area (Å²) in [6, 6.07) is 2.03. The summed E-state index contributed by atoms with van der Waals surface area (Å²) in [7, 11) is 0. The van der Waals surface area contributed by atoms with Crippen molar-refractivity contribution in [3.8, 4) is 6.07 Å². The Labute approximate surface area is 60.3 Å². The highest BCUT2D eigenvalue weighted by Gasteiger charge is 1.88. The molecule has 0 aromatic carbocycles. The van der Waals surface area contributed by atoms with Crippen molar-refractivity contribution in [1.29, 1.82) is 5.26 Å². The molecule has 1 aliphatic rings. The highest BCUT2D eigenvalue weighted by Crippen LogP contribution is 2.02. The molecule has 0 aromatic rings. The minimum atomic E-state index is 0.586. The molecule has 0 saturated carbocycles. The van der Waals surface area contributed by atoms with E-state index < -0.39 is 0 Å². The molecule has 1 aliphatic carbocycles. The number of hydrogen-bond acceptors (Lipinski definition) is 1. The summed E-state index contributed by atoms with van der Waals surface area (Å²) in [4.78, 5) is 0. The molecule has 0 fully saturated rings. The van der Waals surface area contributed by atoms with Crippen LogP contribution in [-0.2, 0) is 0 Å². The molecule has 10 heavy (non-hydrogen) atoms. The zero-order valence-electron chi connectivity index (χ0n) is 5.76. The predicted molar refractivity (Wildman–Crippen MR) is 40.1 cm³/mol. The van der Waals surface area contributed by atoms with Gasteiger partial charge in [0.1, 0.15) is 6.07 Å². The van der Waals surface area contributed by atoms with Crippen LogP contribution in [0.5, 0.6) is 0 Å². The Balaban J connectivity index is 3.15.